The highest BCUT2D eigenvalue weighted by Crippen LogP contribution is 2.42. The van der Waals surface area contributed by atoms with Gasteiger partial charge in [0.05, 0.1) is 11.1 Å². The minimum absolute atomic E-state index is 0.145. The number of nitrogens with one attached hydrogen (secondary N) is 1. The van der Waals surface area contributed by atoms with E-state index in [4.69, 9.17) is 5.73 Å². The number of imide groups is 1. The van der Waals surface area contributed by atoms with Crippen LogP contribution in [0.25, 0.3) is 33.0 Å². The van der Waals surface area contributed by atoms with E-state index < -0.39 is 0 Å². The molecule has 2 aliphatic heterocycles. The predicted octanol–water partition coefficient (Wildman–Crippen LogP) is 4.64. The minimum atomic E-state index is -0.330. The Hall–Kier alpha value is -3.64. The molecule has 0 radical (unpaired) electrons. The summed E-state index contributed by atoms with van der Waals surface area (Å²) in [7, 11) is 1.97. The average molecular weight is 481 g/mol. The zero-order chi connectivity index (χ0) is 25.1. The summed E-state index contributed by atoms with van der Waals surface area (Å²) in [4.78, 5) is 26.8. The molecular formula is C30H32N4O2. The van der Waals surface area contributed by atoms with Gasteiger partial charge in [-0.15, -0.1) is 0 Å². The molecular weight excluding hydrogens is 448 g/mol. The Kier molecular flexibility index (Phi) is 5.38. The molecule has 36 heavy (non-hydrogen) atoms. The number of carbonyl (C=O) groups is 2. The van der Waals surface area contributed by atoms with Gasteiger partial charge in [0.25, 0.3) is 11.8 Å². The van der Waals surface area contributed by atoms with Gasteiger partial charge in [-0.25, -0.2) is 0 Å². The number of benzene rings is 2. The molecule has 0 aliphatic carbocycles. The number of fused-ring (bicyclic) bond motifs is 4. The number of aromatic nitrogens is 2. The van der Waals surface area contributed by atoms with Crippen LogP contribution in [-0.4, -0.2) is 27.0 Å². The van der Waals surface area contributed by atoms with Crippen molar-refractivity contribution in [2.24, 2.45) is 24.6 Å². The number of hydrogen-bond acceptors (Lipinski definition) is 3. The third-order valence-corrected chi connectivity index (χ3v) is 8.22. The van der Waals surface area contributed by atoms with E-state index in [1.54, 1.807) is 0 Å². The Morgan fingerprint density at radius 3 is 2.33 bits per heavy atom. The number of nitrogens with zero attached hydrogens (tertiary/aromatic N) is 2. The second-order valence-electron chi connectivity index (χ2n) is 10.6. The molecule has 4 heterocycles. The Morgan fingerprint density at radius 2 is 1.58 bits per heavy atom. The van der Waals surface area contributed by atoms with Gasteiger partial charge in [0.15, 0.2) is 0 Å². The van der Waals surface area contributed by atoms with Crippen LogP contribution in [0, 0.1) is 11.8 Å². The van der Waals surface area contributed by atoms with Gasteiger partial charge in [0, 0.05) is 64.5 Å². The van der Waals surface area contributed by atoms with E-state index in [0.717, 1.165) is 64.4 Å². The van der Waals surface area contributed by atoms with Crippen LogP contribution in [0.15, 0.2) is 54.7 Å². The normalized spacial score (nSPS) is 19.3. The summed E-state index contributed by atoms with van der Waals surface area (Å²) in [5.41, 5.74) is 12.5. The molecule has 2 aliphatic rings. The number of nitrogens with two attached hydrogens (primary N) is 1. The number of rotatable bonds is 4. The third kappa shape index (κ3) is 3.35. The Morgan fingerprint density at radius 1 is 0.917 bits per heavy atom. The number of carbonyl (C=O) groups excluding carboxylic acids is 2. The molecule has 184 valence electrons. The second-order valence-corrected chi connectivity index (χ2v) is 10.6. The smallest absolute Gasteiger partial charge is 0.259 e. The summed E-state index contributed by atoms with van der Waals surface area (Å²) in [6.07, 6.45) is 4.76. The van der Waals surface area contributed by atoms with Gasteiger partial charge in [-0.05, 0) is 43.2 Å². The van der Waals surface area contributed by atoms with Crippen LogP contribution >= 0.6 is 0 Å². The third-order valence-electron chi connectivity index (χ3n) is 8.22. The van der Waals surface area contributed by atoms with Crippen LogP contribution in [0.1, 0.15) is 43.5 Å². The summed E-state index contributed by atoms with van der Waals surface area (Å²) >= 11 is 0. The summed E-state index contributed by atoms with van der Waals surface area (Å²) in [6.45, 7) is 5.23. The van der Waals surface area contributed by atoms with Crippen LogP contribution < -0.4 is 11.1 Å². The van der Waals surface area contributed by atoms with Gasteiger partial charge < -0.3 is 14.9 Å². The van der Waals surface area contributed by atoms with E-state index in [0.29, 0.717) is 23.0 Å². The highest BCUT2D eigenvalue weighted by molar-refractivity contribution is 6.51. The zero-order valence-corrected chi connectivity index (χ0v) is 21.0. The fourth-order valence-corrected chi connectivity index (χ4v) is 6.33. The molecule has 0 saturated carbocycles. The van der Waals surface area contributed by atoms with Crippen LogP contribution in [0.2, 0.25) is 0 Å². The summed E-state index contributed by atoms with van der Waals surface area (Å²) < 4.78 is 4.38. The van der Waals surface area contributed by atoms with E-state index in [-0.39, 0.29) is 17.9 Å². The SMILES string of the molecule is CC(C)C(N)C1CCc2c(C3=C(c4cn(C)c5ccccc45)C(=O)NC3=O)c3ccccc3n2CC1. The summed E-state index contributed by atoms with van der Waals surface area (Å²) in [6, 6.07) is 16.4. The lowest BCUT2D eigenvalue weighted by Gasteiger charge is -2.25. The highest BCUT2D eigenvalue weighted by Gasteiger charge is 2.38. The molecule has 2 atom stereocenters. The van der Waals surface area contributed by atoms with Crippen molar-refractivity contribution in [3.63, 3.8) is 0 Å². The lowest BCUT2D eigenvalue weighted by Crippen LogP contribution is -2.35. The van der Waals surface area contributed by atoms with Gasteiger partial charge >= 0.3 is 0 Å². The first kappa shape index (κ1) is 22.8. The standard InChI is InChI=1S/C30H32N4O2/c1-17(2)28(31)18-12-13-24-25(20-9-5-7-11-23(20)34(24)15-14-18)27-26(29(35)32-30(27)36)21-16-33(3)22-10-6-4-8-19(21)22/h4-11,16-18,28H,12-15,31H2,1-3H3,(H,32,35,36). The van der Waals surface area contributed by atoms with E-state index in [1.165, 1.54) is 0 Å². The zero-order valence-electron chi connectivity index (χ0n) is 21.0. The van der Waals surface area contributed by atoms with Crippen molar-refractivity contribution in [3.05, 3.63) is 71.5 Å². The first-order valence-electron chi connectivity index (χ1n) is 12.9. The number of amides is 2. The second kappa shape index (κ2) is 8.49. The Labute approximate surface area is 210 Å². The number of hydrogen-bond donors (Lipinski definition) is 2. The Balaban J connectivity index is 1.60. The molecule has 6 heteroatoms. The van der Waals surface area contributed by atoms with Crippen LogP contribution in [0.5, 0.6) is 0 Å². The van der Waals surface area contributed by atoms with Crippen LogP contribution in [-0.2, 0) is 29.6 Å². The maximum Gasteiger partial charge on any atom is 0.259 e. The van der Waals surface area contributed by atoms with Gasteiger partial charge in [0.2, 0.25) is 0 Å². The van der Waals surface area contributed by atoms with Crippen molar-refractivity contribution >= 4 is 44.8 Å². The summed E-state index contributed by atoms with van der Waals surface area (Å²) in [5, 5.41) is 4.61. The van der Waals surface area contributed by atoms with Crippen molar-refractivity contribution < 1.29 is 9.59 Å². The van der Waals surface area contributed by atoms with Gasteiger partial charge in [-0.2, -0.15) is 0 Å². The van der Waals surface area contributed by atoms with E-state index in [1.807, 2.05) is 54.2 Å². The lowest BCUT2D eigenvalue weighted by atomic mass is 9.85. The average Bonchev–Trinajstić information content (AvgIpc) is 3.39. The first-order valence-corrected chi connectivity index (χ1v) is 12.9. The Bertz CT molecular complexity index is 1570. The van der Waals surface area contributed by atoms with Crippen molar-refractivity contribution in [2.45, 2.75) is 45.7 Å². The molecule has 4 aromatic rings. The molecule has 2 amide bonds. The van der Waals surface area contributed by atoms with Gasteiger partial charge in [-0.3, -0.25) is 14.9 Å². The van der Waals surface area contributed by atoms with E-state index in [2.05, 4.69) is 35.9 Å². The molecule has 2 aromatic heterocycles. The largest absolute Gasteiger partial charge is 0.350 e. The van der Waals surface area contributed by atoms with E-state index >= 15 is 0 Å². The molecule has 2 unspecified atom stereocenters. The summed E-state index contributed by atoms with van der Waals surface area (Å²) in [5.74, 6) is 0.190. The van der Waals surface area contributed by atoms with E-state index in [9.17, 15) is 9.59 Å². The number of para-hydroxylation sites is 2. The predicted molar refractivity (Wildman–Crippen MR) is 144 cm³/mol. The molecule has 3 N–H and O–H groups in total. The van der Waals surface area contributed by atoms with Crippen LogP contribution in [0.3, 0.4) is 0 Å². The number of aryl methyl sites for hydroxylation is 2. The molecule has 0 spiro atoms. The fraction of sp³-hybridized carbons (Fsp3) is 0.333. The van der Waals surface area contributed by atoms with Crippen LogP contribution in [0.4, 0.5) is 0 Å². The maximum absolute atomic E-state index is 13.5. The molecule has 0 bridgehead atoms. The molecule has 0 saturated heterocycles. The first-order chi connectivity index (χ1) is 17.4. The molecule has 0 fully saturated rings. The van der Waals surface area contributed by atoms with Gasteiger partial charge in [0.1, 0.15) is 0 Å². The van der Waals surface area contributed by atoms with Crippen molar-refractivity contribution in [3.8, 4) is 0 Å². The molecule has 2 aromatic carbocycles. The molecule has 6 rings (SSSR count). The van der Waals surface area contributed by atoms with Gasteiger partial charge in [-0.1, -0.05) is 50.2 Å². The molecule has 6 nitrogen and oxygen atoms in total. The van der Waals surface area contributed by atoms with Crippen molar-refractivity contribution in [1.82, 2.24) is 14.5 Å². The maximum atomic E-state index is 13.5. The van der Waals surface area contributed by atoms with Crippen molar-refractivity contribution in [2.75, 3.05) is 0 Å². The quantitative estimate of drug-likeness (QED) is 0.418. The topological polar surface area (TPSA) is 82.1 Å². The highest BCUT2D eigenvalue weighted by atomic mass is 16.2. The fourth-order valence-electron chi connectivity index (χ4n) is 6.33. The minimum Gasteiger partial charge on any atom is -0.350 e. The van der Waals surface area contributed by atoms with Crippen molar-refractivity contribution in [1.29, 1.82) is 0 Å². The lowest BCUT2D eigenvalue weighted by molar-refractivity contribution is -0.122. The monoisotopic (exact) mass is 480 g/mol.